The molecule has 0 aliphatic carbocycles. The second-order valence-electron chi connectivity index (χ2n) is 9.31. The van der Waals surface area contributed by atoms with Gasteiger partial charge in [-0.1, -0.05) is 67.9 Å². The predicted molar refractivity (Wildman–Crippen MR) is 138 cm³/mol. The van der Waals surface area contributed by atoms with Crippen LogP contribution >= 0.6 is 0 Å². The van der Waals surface area contributed by atoms with E-state index in [4.69, 9.17) is 0 Å². The third kappa shape index (κ3) is 5.25. The second-order valence-corrected chi connectivity index (χ2v) is 9.31. The van der Waals surface area contributed by atoms with Gasteiger partial charge in [0.05, 0.1) is 6.54 Å². The molecular formula is C28H32N6O. The summed E-state index contributed by atoms with van der Waals surface area (Å²) in [5, 5.41) is 14.5. The Morgan fingerprint density at radius 3 is 2.40 bits per heavy atom. The molecule has 4 aromatic rings. The fourth-order valence-corrected chi connectivity index (χ4v) is 4.89. The molecule has 0 saturated carbocycles. The first-order valence-electron chi connectivity index (χ1n) is 12.6. The SMILES string of the molecule is CCCCc1ccc(CN2CCCC2)c(=O)n1Cc1ccc(-c2ccccc2-c2nn[nH]n2)cc1. The summed E-state index contributed by atoms with van der Waals surface area (Å²) in [6.45, 7) is 5.69. The van der Waals surface area contributed by atoms with Crippen molar-refractivity contribution in [2.24, 2.45) is 0 Å². The highest BCUT2D eigenvalue weighted by molar-refractivity contribution is 5.80. The van der Waals surface area contributed by atoms with E-state index in [9.17, 15) is 4.79 Å². The molecule has 1 aliphatic heterocycles. The van der Waals surface area contributed by atoms with Crippen molar-refractivity contribution in [2.75, 3.05) is 13.1 Å². The molecule has 2 aromatic heterocycles. The van der Waals surface area contributed by atoms with Gasteiger partial charge in [-0.3, -0.25) is 9.69 Å². The maximum atomic E-state index is 13.5. The van der Waals surface area contributed by atoms with Crippen molar-refractivity contribution in [1.29, 1.82) is 0 Å². The topological polar surface area (TPSA) is 79.7 Å². The molecule has 0 radical (unpaired) electrons. The zero-order valence-corrected chi connectivity index (χ0v) is 20.3. The molecule has 0 unspecified atom stereocenters. The average molecular weight is 469 g/mol. The molecule has 7 heteroatoms. The predicted octanol–water partition coefficient (Wildman–Crippen LogP) is 4.68. The number of benzene rings is 2. The molecule has 5 rings (SSSR count). The first-order chi connectivity index (χ1) is 17.2. The maximum Gasteiger partial charge on any atom is 0.255 e. The Morgan fingerprint density at radius 1 is 0.914 bits per heavy atom. The summed E-state index contributed by atoms with van der Waals surface area (Å²) in [5.41, 5.74) is 6.35. The number of tetrazole rings is 1. The van der Waals surface area contributed by atoms with Crippen LogP contribution in [0, 0.1) is 0 Å². The number of nitrogens with zero attached hydrogens (tertiary/aromatic N) is 5. The van der Waals surface area contributed by atoms with E-state index in [1.54, 1.807) is 0 Å². The van der Waals surface area contributed by atoms with E-state index in [1.165, 1.54) is 12.8 Å². The third-order valence-corrected chi connectivity index (χ3v) is 6.84. The lowest BCUT2D eigenvalue weighted by atomic mass is 9.98. The number of H-pyrrole nitrogens is 1. The molecule has 7 nitrogen and oxygen atoms in total. The Kier molecular flexibility index (Phi) is 7.14. The standard InChI is InChI=1S/C28H32N6O/c1-2-3-8-24-16-15-23(20-33-17-6-7-18-33)28(35)34(24)19-21-11-13-22(14-12-21)25-9-4-5-10-26(25)27-29-31-32-30-27/h4-5,9-16H,2-3,6-8,17-20H2,1H3,(H,29,30,31,32). The molecule has 3 heterocycles. The highest BCUT2D eigenvalue weighted by Gasteiger charge is 2.16. The van der Waals surface area contributed by atoms with Crippen LogP contribution in [0.15, 0.2) is 65.5 Å². The molecule has 0 spiro atoms. The van der Waals surface area contributed by atoms with Crippen LogP contribution in [0.25, 0.3) is 22.5 Å². The number of unbranched alkanes of at least 4 members (excludes halogenated alkanes) is 1. The van der Waals surface area contributed by atoms with Gasteiger partial charge >= 0.3 is 0 Å². The second kappa shape index (κ2) is 10.8. The molecule has 1 aliphatic rings. The Morgan fingerprint density at radius 2 is 1.69 bits per heavy atom. The van der Waals surface area contributed by atoms with Crippen molar-refractivity contribution in [3.05, 3.63) is 87.8 Å². The summed E-state index contributed by atoms with van der Waals surface area (Å²) in [7, 11) is 0. The minimum absolute atomic E-state index is 0.150. The molecule has 1 fully saturated rings. The Labute approximate surface area is 205 Å². The molecule has 1 saturated heterocycles. The Hall–Kier alpha value is -3.58. The number of likely N-dealkylation sites (tertiary alicyclic amines) is 1. The lowest BCUT2D eigenvalue weighted by Crippen LogP contribution is -2.30. The van der Waals surface area contributed by atoms with Gasteiger partial charge in [-0.2, -0.15) is 5.21 Å². The Balaban J connectivity index is 1.42. The average Bonchev–Trinajstić information content (AvgIpc) is 3.61. The number of aromatic amines is 1. The summed E-state index contributed by atoms with van der Waals surface area (Å²) < 4.78 is 1.99. The van der Waals surface area contributed by atoms with Crippen molar-refractivity contribution >= 4 is 0 Å². The number of hydrogen-bond donors (Lipinski definition) is 1. The van der Waals surface area contributed by atoms with Gasteiger partial charge in [0.2, 0.25) is 5.82 Å². The van der Waals surface area contributed by atoms with Crippen LogP contribution in [0.4, 0.5) is 0 Å². The molecular weight excluding hydrogens is 436 g/mol. The van der Waals surface area contributed by atoms with E-state index in [0.29, 0.717) is 12.4 Å². The number of nitrogens with one attached hydrogen (secondary N) is 1. The van der Waals surface area contributed by atoms with Gasteiger partial charge in [-0.25, -0.2) is 0 Å². The van der Waals surface area contributed by atoms with Gasteiger partial charge in [0.25, 0.3) is 5.56 Å². The summed E-state index contributed by atoms with van der Waals surface area (Å²) in [4.78, 5) is 15.9. The smallest absolute Gasteiger partial charge is 0.255 e. The van der Waals surface area contributed by atoms with Gasteiger partial charge < -0.3 is 4.57 Å². The number of hydrogen-bond acceptors (Lipinski definition) is 5. The molecule has 0 amide bonds. The number of aryl methyl sites for hydroxylation is 1. The molecule has 35 heavy (non-hydrogen) atoms. The molecule has 2 aromatic carbocycles. The van der Waals surface area contributed by atoms with Crippen LogP contribution < -0.4 is 5.56 Å². The van der Waals surface area contributed by atoms with Crippen LogP contribution in [0.3, 0.4) is 0 Å². The van der Waals surface area contributed by atoms with E-state index >= 15 is 0 Å². The highest BCUT2D eigenvalue weighted by Crippen LogP contribution is 2.29. The zero-order chi connectivity index (χ0) is 24.0. The molecule has 0 bridgehead atoms. The highest BCUT2D eigenvalue weighted by atomic mass is 16.1. The lowest BCUT2D eigenvalue weighted by Gasteiger charge is -2.18. The largest absolute Gasteiger partial charge is 0.308 e. The zero-order valence-electron chi connectivity index (χ0n) is 20.3. The van der Waals surface area contributed by atoms with Crippen LogP contribution in [0.2, 0.25) is 0 Å². The summed E-state index contributed by atoms with van der Waals surface area (Å²) in [6, 6.07) is 20.7. The van der Waals surface area contributed by atoms with Crippen molar-refractivity contribution in [1.82, 2.24) is 30.1 Å². The third-order valence-electron chi connectivity index (χ3n) is 6.84. The van der Waals surface area contributed by atoms with Crippen LogP contribution in [0.5, 0.6) is 0 Å². The fraction of sp³-hybridized carbons (Fsp3) is 0.357. The van der Waals surface area contributed by atoms with E-state index < -0.39 is 0 Å². The minimum Gasteiger partial charge on any atom is -0.308 e. The number of rotatable bonds is 9. The Bertz CT molecular complexity index is 1300. The van der Waals surface area contributed by atoms with Crippen LogP contribution in [-0.2, 0) is 19.5 Å². The van der Waals surface area contributed by atoms with E-state index in [1.807, 2.05) is 22.8 Å². The fourth-order valence-electron chi connectivity index (χ4n) is 4.89. The van der Waals surface area contributed by atoms with Gasteiger partial charge in [-0.15, -0.1) is 10.2 Å². The van der Waals surface area contributed by atoms with E-state index in [2.05, 4.69) is 74.9 Å². The maximum absolute atomic E-state index is 13.5. The summed E-state index contributed by atoms with van der Waals surface area (Å²) >= 11 is 0. The van der Waals surface area contributed by atoms with Crippen molar-refractivity contribution in [3.8, 4) is 22.5 Å². The van der Waals surface area contributed by atoms with Gasteiger partial charge in [-0.05, 0) is 66.7 Å². The number of pyridine rings is 1. The first kappa shape index (κ1) is 23.2. The lowest BCUT2D eigenvalue weighted by molar-refractivity contribution is 0.329. The van der Waals surface area contributed by atoms with Crippen molar-refractivity contribution in [3.63, 3.8) is 0 Å². The minimum atomic E-state index is 0.150. The summed E-state index contributed by atoms with van der Waals surface area (Å²) in [6.07, 6.45) is 5.57. The molecule has 180 valence electrons. The quantitative estimate of drug-likeness (QED) is 0.386. The van der Waals surface area contributed by atoms with Crippen molar-refractivity contribution in [2.45, 2.75) is 52.1 Å². The van der Waals surface area contributed by atoms with Crippen LogP contribution in [-0.4, -0.2) is 43.2 Å². The van der Waals surface area contributed by atoms with Gasteiger partial charge in [0.15, 0.2) is 0 Å². The van der Waals surface area contributed by atoms with Crippen molar-refractivity contribution < 1.29 is 0 Å². The normalized spacial score (nSPS) is 14.0. The molecule has 1 N–H and O–H groups in total. The van der Waals surface area contributed by atoms with Crippen LogP contribution in [0.1, 0.15) is 49.4 Å². The van der Waals surface area contributed by atoms with Gasteiger partial charge in [0, 0.05) is 23.4 Å². The van der Waals surface area contributed by atoms with E-state index in [-0.39, 0.29) is 5.56 Å². The number of aromatic nitrogens is 5. The monoisotopic (exact) mass is 468 g/mol. The van der Waals surface area contributed by atoms with E-state index in [0.717, 1.165) is 72.4 Å². The molecule has 0 atom stereocenters. The van der Waals surface area contributed by atoms with Gasteiger partial charge in [0.1, 0.15) is 0 Å². The first-order valence-corrected chi connectivity index (χ1v) is 12.6. The summed E-state index contributed by atoms with van der Waals surface area (Å²) in [5.74, 6) is 0.576.